The van der Waals surface area contributed by atoms with Crippen LogP contribution in [0.3, 0.4) is 0 Å². The van der Waals surface area contributed by atoms with Crippen LogP contribution in [0, 0.1) is 0 Å². The molecule has 3 heteroatoms. The van der Waals surface area contributed by atoms with Crippen LogP contribution in [0.15, 0.2) is 0 Å². The van der Waals surface area contributed by atoms with Crippen molar-refractivity contribution in [2.24, 2.45) is 0 Å². The van der Waals surface area contributed by atoms with Crippen LogP contribution >= 0.6 is 0 Å². The minimum absolute atomic E-state index is 0.313. The van der Waals surface area contributed by atoms with Gasteiger partial charge >= 0.3 is 5.97 Å². The first kappa shape index (κ1) is 15.4. The van der Waals surface area contributed by atoms with E-state index >= 15 is 0 Å². The summed E-state index contributed by atoms with van der Waals surface area (Å²) in [5, 5.41) is 8.44. The lowest BCUT2D eigenvalue weighted by Crippen LogP contribution is -1.97. The van der Waals surface area contributed by atoms with Crippen molar-refractivity contribution in [3.8, 4) is 0 Å². The topological polar surface area (TPSA) is 46.5 Å². The summed E-state index contributed by atoms with van der Waals surface area (Å²) in [4.78, 5) is 10.2. The summed E-state index contributed by atoms with van der Waals surface area (Å²) in [6, 6.07) is 0. The molecule has 0 heterocycles. The molecule has 1 N–H and O–H groups in total. The molecule has 0 aliphatic carbocycles. The van der Waals surface area contributed by atoms with E-state index in [1.807, 2.05) is 0 Å². The number of carboxylic acids is 1. The van der Waals surface area contributed by atoms with E-state index < -0.39 is 5.97 Å². The number of rotatable bonds is 12. The smallest absolute Gasteiger partial charge is 0.303 e. The van der Waals surface area contributed by atoms with Gasteiger partial charge in [-0.15, -0.1) is 0 Å². The molecule has 0 radical (unpaired) electrons. The van der Waals surface area contributed by atoms with Crippen LogP contribution in [0.1, 0.15) is 64.7 Å². The van der Waals surface area contributed by atoms with Crippen LogP contribution in [0.25, 0.3) is 0 Å². The largest absolute Gasteiger partial charge is 0.481 e. The molecule has 0 aliphatic rings. The van der Waals surface area contributed by atoms with Crippen molar-refractivity contribution < 1.29 is 14.6 Å². The maximum Gasteiger partial charge on any atom is 0.303 e. The second-order valence-electron chi connectivity index (χ2n) is 4.23. The molecular formula is C13H26O3. The van der Waals surface area contributed by atoms with Crippen molar-refractivity contribution in [1.82, 2.24) is 0 Å². The van der Waals surface area contributed by atoms with Crippen molar-refractivity contribution in [2.75, 3.05) is 13.2 Å². The number of hydrogen-bond acceptors (Lipinski definition) is 2. The molecule has 0 aromatic heterocycles. The van der Waals surface area contributed by atoms with Gasteiger partial charge < -0.3 is 9.84 Å². The van der Waals surface area contributed by atoms with Gasteiger partial charge in [0.15, 0.2) is 0 Å². The molecule has 96 valence electrons. The molecule has 0 aliphatic heterocycles. The van der Waals surface area contributed by atoms with E-state index in [1.54, 1.807) is 0 Å². The molecular weight excluding hydrogens is 204 g/mol. The predicted molar refractivity (Wildman–Crippen MR) is 65.7 cm³/mol. The van der Waals surface area contributed by atoms with Crippen LogP contribution in [0.4, 0.5) is 0 Å². The van der Waals surface area contributed by atoms with Gasteiger partial charge in [-0.3, -0.25) is 4.79 Å². The van der Waals surface area contributed by atoms with Gasteiger partial charge in [0.25, 0.3) is 0 Å². The number of carboxylic acid groups (broad SMARTS) is 1. The molecule has 0 saturated heterocycles. The maximum atomic E-state index is 10.2. The third-order valence-electron chi connectivity index (χ3n) is 2.57. The molecule has 16 heavy (non-hydrogen) atoms. The Hall–Kier alpha value is -0.570. The van der Waals surface area contributed by atoms with E-state index in [4.69, 9.17) is 9.84 Å². The zero-order chi connectivity index (χ0) is 12.1. The zero-order valence-electron chi connectivity index (χ0n) is 10.5. The van der Waals surface area contributed by atoms with Gasteiger partial charge in [0, 0.05) is 19.6 Å². The van der Waals surface area contributed by atoms with Crippen LogP contribution in [-0.2, 0) is 9.53 Å². The summed E-state index contributed by atoms with van der Waals surface area (Å²) in [7, 11) is 0. The van der Waals surface area contributed by atoms with Crippen molar-refractivity contribution >= 4 is 5.97 Å². The van der Waals surface area contributed by atoms with Crippen LogP contribution in [0.2, 0.25) is 0 Å². The molecule has 0 amide bonds. The molecule has 0 fully saturated rings. The first-order valence-electron chi connectivity index (χ1n) is 6.57. The fourth-order valence-corrected chi connectivity index (χ4v) is 1.57. The average Bonchev–Trinajstić information content (AvgIpc) is 2.25. The predicted octanol–water partition coefficient (Wildman–Crippen LogP) is 3.62. The number of unbranched alkanes of at least 4 members (excludes halogenated alkanes) is 6. The molecule has 0 aromatic carbocycles. The number of aliphatic carboxylic acids is 1. The highest BCUT2D eigenvalue weighted by Crippen LogP contribution is 2.05. The molecule has 0 atom stereocenters. The monoisotopic (exact) mass is 230 g/mol. The molecule has 0 spiro atoms. The van der Waals surface area contributed by atoms with E-state index in [9.17, 15) is 4.79 Å². The number of hydrogen-bond donors (Lipinski definition) is 1. The average molecular weight is 230 g/mol. The SMILES string of the molecule is CCCCCOCCCCCCCC(=O)O. The summed E-state index contributed by atoms with van der Waals surface area (Å²) >= 11 is 0. The molecule has 3 nitrogen and oxygen atoms in total. The lowest BCUT2D eigenvalue weighted by molar-refractivity contribution is -0.137. The maximum absolute atomic E-state index is 10.2. The van der Waals surface area contributed by atoms with Gasteiger partial charge in [0.1, 0.15) is 0 Å². The van der Waals surface area contributed by atoms with Crippen molar-refractivity contribution in [3.63, 3.8) is 0 Å². The lowest BCUT2D eigenvalue weighted by Gasteiger charge is -2.03. The van der Waals surface area contributed by atoms with Gasteiger partial charge in [-0.2, -0.15) is 0 Å². The van der Waals surface area contributed by atoms with E-state index in [0.29, 0.717) is 6.42 Å². The highest BCUT2D eigenvalue weighted by atomic mass is 16.5. The minimum atomic E-state index is -0.681. The molecule has 0 aromatic rings. The van der Waals surface area contributed by atoms with Gasteiger partial charge in [0.2, 0.25) is 0 Å². The van der Waals surface area contributed by atoms with E-state index in [0.717, 1.165) is 45.3 Å². The molecule has 0 rings (SSSR count). The molecule has 0 bridgehead atoms. The van der Waals surface area contributed by atoms with E-state index in [1.165, 1.54) is 19.3 Å². The summed E-state index contributed by atoms with van der Waals surface area (Å²) in [6.45, 7) is 3.95. The summed E-state index contributed by atoms with van der Waals surface area (Å²) in [5.41, 5.74) is 0. The molecule has 0 unspecified atom stereocenters. The Labute approximate surface area is 99.2 Å². The van der Waals surface area contributed by atoms with E-state index in [-0.39, 0.29) is 0 Å². The number of ether oxygens (including phenoxy) is 1. The van der Waals surface area contributed by atoms with Gasteiger partial charge in [0.05, 0.1) is 0 Å². The zero-order valence-corrected chi connectivity index (χ0v) is 10.5. The van der Waals surface area contributed by atoms with Gasteiger partial charge in [-0.05, 0) is 19.3 Å². The third-order valence-corrected chi connectivity index (χ3v) is 2.57. The minimum Gasteiger partial charge on any atom is -0.481 e. The highest BCUT2D eigenvalue weighted by molar-refractivity contribution is 5.66. The lowest BCUT2D eigenvalue weighted by atomic mass is 10.1. The van der Waals surface area contributed by atoms with Gasteiger partial charge in [-0.1, -0.05) is 39.0 Å². The number of carbonyl (C=O) groups is 1. The van der Waals surface area contributed by atoms with Gasteiger partial charge in [-0.25, -0.2) is 0 Å². The third kappa shape index (κ3) is 13.4. The summed E-state index contributed by atoms with van der Waals surface area (Å²) < 4.78 is 5.49. The van der Waals surface area contributed by atoms with Crippen molar-refractivity contribution in [1.29, 1.82) is 0 Å². The van der Waals surface area contributed by atoms with Crippen molar-refractivity contribution in [3.05, 3.63) is 0 Å². The highest BCUT2D eigenvalue weighted by Gasteiger charge is 1.96. The second-order valence-corrected chi connectivity index (χ2v) is 4.23. The Balaban J connectivity index is 2.90. The van der Waals surface area contributed by atoms with Crippen molar-refractivity contribution in [2.45, 2.75) is 64.7 Å². The Morgan fingerprint density at radius 2 is 1.50 bits per heavy atom. The Morgan fingerprint density at radius 1 is 0.938 bits per heavy atom. The Bertz CT molecular complexity index is 157. The normalized spacial score (nSPS) is 10.6. The van der Waals surface area contributed by atoms with Crippen LogP contribution in [0.5, 0.6) is 0 Å². The summed E-state index contributed by atoms with van der Waals surface area (Å²) in [6.07, 6.45) is 9.23. The Morgan fingerprint density at radius 3 is 2.12 bits per heavy atom. The second kappa shape index (κ2) is 12.5. The van der Waals surface area contributed by atoms with Crippen LogP contribution < -0.4 is 0 Å². The first-order valence-corrected chi connectivity index (χ1v) is 6.57. The fraction of sp³-hybridized carbons (Fsp3) is 0.923. The fourth-order valence-electron chi connectivity index (χ4n) is 1.57. The van der Waals surface area contributed by atoms with Crippen LogP contribution in [-0.4, -0.2) is 24.3 Å². The molecule has 0 saturated carbocycles. The first-order chi connectivity index (χ1) is 7.77. The summed E-state index contributed by atoms with van der Waals surface area (Å²) in [5.74, 6) is -0.681. The van der Waals surface area contributed by atoms with E-state index in [2.05, 4.69) is 6.92 Å². The Kier molecular flexibility index (Phi) is 12.1. The standard InChI is InChI=1S/C13H26O3/c1-2-3-8-11-16-12-9-6-4-5-7-10-13(14)15/h2-12H2,1H3,(H,14,15). The quantitative estimate of drug-likeness (QED) is 0.521.